The Morgan fingerprint density at radius 2 is 2.17 bits per heavy atom. The highest BCUT2D eigenvalue weighted by Gasteiger charge is 2.05. The lowest BCUT2D eigenvalue weighted by Gasteiger charge is -1.92. The van der Waals surface area contributed by atoms with Gasteiger partial charge in [-0.05, 0) is 30.0 Å². The molecule has 2 aromatic rings. The number of anilines is 1. The highest BCUT2D eigenvalue weighted by Crippen LogP contribution is 2.35. The zero-order valence-corrected chi connectivity index (χ0v) is 8.17. The molecule has 0 fully saturated rings. The molecule has 2 rings (SSSR count). The molecule has 0 atom stereocenters. The lowest BCUT2D eigenvalue weighted by molar-refractivity contribution is 1.60. The van der Waals surface area contributed by atoms with Crippen LogP contribution in [0.15, 0.2) is 18.2 Å². The van der Waals surface area contributed by atoms with Crippen LogP contribution in [0.5, 0.6) is 0 Å². The molecule has 0 saturated heterocycles. The van der Waals surface area contributed by atoms with Crippen LogP contribution in [0.1, 0.15) is 5.56 Å². The molecule has 1 aromatic carbocycles. The van der Waals surface area contributed by atoms with E-state index < -0.39 is 0 Å². The van der Waals surface area contributed by atoms with Gasteiger partial charge in [-0.25, -0.2) is 0 Å². The van der Waals surface area contributed by atoms with Crippen molar-refractivity contribution in [3.63, 3.8) is 0 Å². The molecule has 0 aliphatic rings. The molecule has 0 aliphatic carbocycles. The maximum absolute atomic E-state index is 5.98. The van der Waals surface area contributed by atoms with Crippen LogP contribution >= 0.6 is 22.9 Å². The van der Waals surface area contributed by atoms with Gasteiger partial charge < -0.3 is 5.73 Å². The average Bonchev–Trinajstić information content (AvgIpc) is 2.28. The summed E-state index contributed by atoms with van der Waals surface area (Å²) in [5, 5.41) is 1.21. The minimum absolute atomic E-state index is 0.792. The van der Waals surface area contributed by atoms with Gasteiger partial charge in [0.1, 0.15) is 0 Å². The van der Waals surface area contributed by atoms with Crippen LogP contribution in [-0.2, 0) is 0 Å². The number of thiophene rings is 1. The number of halogens is 1. The molecule has 0 aliphatic heterocycles. The SMILES string of the molecule is Cc1c(Cl)sc2cc(N)ccc12. The molecular formula is C9H8ClNS. The van der Waals surface area contributed by atoms with Gasteiger partial charge in [0.05, 0.1) is 4.34 Å². The van der Waals surface area contributed by atoms with E-state index in [1.54, 1.807) is 11.3 Å². The molecule has 0 radical (unpaired) electrons. The summed E-state index contributed by atoms with van der Waals surface area (Å²) in [6.07, 6.45) is 0. The predicted molar refractivity (Wildman–Crippen MR) is 56.0 cm³/mol. The van der Waals surface area contributed by atoms with Gasteiger partial charge in [0.15, 0.2) is 0 Å². The van der Waals surface area contributed by atoms with Crippen LogP contribution in [0.2, 0.25) is 4.34 Å². The minimum Gasteiger partial charge on any atom is -0.399 e. The Bertz CT molecular complexity index is 433. The lowest BCUT2D eigenvalue weighted by Crippen LogP contribution is -1.81. The van der Waals surface area contributed by atoms with Gasteiger partial charge in [0, 0.05) is 10.4 Å². The average molecular weight is 198 g/mol. The summed E-state index contributed by atoms with van der Waals surface area (Å²) in [5.41, 5.74) is 7.59. The number of nitrogens with two attached hydrogens (primary N) is 1. The largest absolute Gasteiger partial charge is 0.399 e. The van der Waals surface area contributed by atoms with Crippen LogP contribution < -0.4 is 5.73 Å². The number of hydrogen-bond acceptors (Lipinski definition) is 2. The molecule has 1 nitrogen and oxygen atoms in total. The molecule has 2 N–H and O–H groups in total. The molecule has 1 aromatic heterocycles. The Balaban J connectivity index is 2.87. The Morgan fingerprint density at radius 3 is 2.92 bits per heavy atom. The highest BCUT2D eigenvalue weighted by atomic mass is 35.5. The highest BCUT2D eigenvalue weighted by molar-refractivity contribution is 7.23. The molecule has 12 heavy (non-hydrogen) atoms. The summed E-state index contributed by atoms with van der Waals surface area (Å²) in [7, 11) is 0. The fourth-order valence-electron chi connectivity index (χ4n) is 1.21. The first kappa shape index (κ1) is 7.90. The topological polar surface area (TPSA) is 26.0 Å². The second-order valence-electron chi connectivity index (χ2n) is 2.76. The van der Waals surface area contributed by atoms with E-state index in [0.717, 1.165) is 20.3 Å². The van der Waals surface area contributed by atoms with Crippen LogP contribution in [0.4, 0.5) is 5.69 Å². The summed E-state index contributed by atoms with van der Waals surface area (Å²) in [6.45, 7) is 2.03. The molecule has 1 heterocycles. The van der Waals surface area contributed by atoms with Gasteiger partial charge in [-0.15, -0.1) is 11.3 Å². The maximum atomic E-state index is 5.98. The van der Waals surface area contributed by atoms with Gasteiger partial charge in [0.25, 0.3) is 0 Å². The number of benzene rings is 1. The number of aryl methyl sites for hydroxylation is 1. The van der Waals surface area contributed by atoms with E-state index in [0.29, 0.717) is 0 Å². The minimum atomic E-state index is 0.792. The summed E-state index contributed by atoms with van der Waals surface area (Å²) in [6, 6.07) is 5.87. The molecule has 0 bridgehead atoms. The maximum Gasteiger partial charge on any atom is 0.0969 e. The zero-order valence-electron chi connectivity index (χ0n) is 6.60. The summed E-state index contributed by atoms with van der Waals surface area (Å²) >= 11 is 7.56. The summed E-state index contributed by atoms with van der Waals surface area (Å²) < 4.78 is 2.02. The monoisotopic (exact) mass is 197 g/mol. The lowest BCUT2D eigenvalue weighted by atomic mass is 10.2. The Hall–Kier alpha value is -0.730. The molecule has 0 unspecified atom stereocenters. The second kappa shape index (κ2) is 2.64. The van der Waals surface area contributed by atoms with Crippen LogP contribution in [-0.4, -0.2) is 0 Å². The van der Waals surface area contributed by atoms with E-state index in [1.165, 1.54) is 5.39 Å². The van der Waals surface area contributed by atoms with E-state index in [4.69, 9.17) is 17.3 Å². The van der Waals surface area contributed by atoms with Gasteiger partial charge in [0.2, 0.25) is 0 Å². The number of fused-ring (bicyclic) bond motifs is 1. The van der Waals surface area contributed by atoms with Crippen LogP contribution in [0, 0.1) is 6.92 Å². The van der Waals surface area contributed by atoms with Crippen molar-refractivity contribution in [3.8, 4) is 0 Å². The predicted octanol–water partition coefficient (Wildman–Crippen LogP) is 3.45. The number of nitrogen functional groups attached to an aromatic ring is 1. The number of rotatable bonds is 0. The van der Waals surface area contributed by atoms with E-state index in [9.17, 15) is 0 Å². The fraction of sp³-hybridized carbons (Fsp3) is 0.111. The first-order valence-electron chi connectivity index (χ1n) is 3.62. The van der Waals surface area contributed by atoms with Gasteiger partial charge >= 0.3 is 0 Å². The molecule has 62 valence electrons. The third kappa shape index (κ3) is 1.08. The van der Waals surface area contributed by atoms with E-state index in [2.05, 4.69) is 0 Å². The molecule has 3 heteroatoms. The quantitative estimate of drug-likeness (QED) is 0.644. The normalized spacial score (nSPS) is 10.8. The van der Waals surface area contributed by atoms with Crippen molar-refractivity contribution in [2.45, 2.75) is 6.92 Å². The molecule has 0 saturated carbocycles. The first-order valence-corrected chi connectivity index (χ1v) is 4.82. The Kier molecular flexibility index (Phi) is 1.74. The third-order valence-electron chi connectivity index (χ3n) is 1.90. The van der Waals surface area contributed by atoms with Gasteiger partial charge in [-0.3, -0.25) is 0 Å². The van der Waals surface area contributed by atoms with Crippen molar-refractivity contribution in [2.24, 2.45) is 0 Å². The molecular weight excluding hydrogens is 190 g/mol. The smallest absolute Gasteiger partial charge is 0.0969 e. The van der Waals surface area contributed by atoms with Crippen molar-refractivity contribution >= 4 is 38.7 Å². The fourth-order valence-corrected chi connectivity index (χ4v) is 2.55. The Morgan fingerprint density at radius 1 is 1.42 bits per heavy atom. The van der Waals surface area contributed by atoms with E-state index >= 15 is 0 Å². The summed E-state index contributed by atoms with van der Waals surface area (Å²) in [5.74, 6) is 0. The zero-order chi connectivity index (χ0) is 8.72. The molecule has 0 amide bonds. The third-order valence-corrected chi connectivity index (χ3v) is 3.46. The van der Waals surface area contributed by atoms with E-state index in [-0.39, 0.29) is 0 Å². The van der Waals surface area contributed by atoms with Gasteiger partial charge in [-0.1, -0.05) is 17.7 Å². The Labute approximate surface area is 79.8 Å². The van der Waals surface area contributed by atoms with Crippen molar-refractivity contribution in [2.75, 3.05) is 5.73 Å². The van der Waals surface area contributed by atoms with Crippen LogP contribution in [0.3, 0.4) is 0 Å². The van der Waals surface area contributed by atoms with Crippen molar-refractivity contribution in [3.05, 3.63) is 28.1 Å². The standard InChI is InChI=1S/C9H8ClNS/c1-5-7-3-2-6(11)4-8(7)12-9(5)10/h2-4H,11H2,1H3. The second-order valence-corrected chi connectivity index (χ2v) is 4.41. The first-order chi connectivity index (χ1) is 5.68. The van der Waals surface area contributed by atoms with Crippen molar-refractivity contribution in [1.29, 1.82) is 0 Å². The van der Waals surface area contributed by atoms with Crippen molar-refractivity contribution < 1.29 is 0 Å². The number of hydrogen-bond donors (Lipinski definition) is 1. The molecule has 0 spiro atoms. The van der Waals surface area contributed by atoms with E-state index in [1.807, 2.05) is 25.1 Å². The van der Waals surface area contributed by atoms with Crippen LogP contribution in [0.25, 0.3) is 10.1 Å². The van der Waals surface area contributed by atoms with Gasteiger partial charge in [-0.2, -0.15) is 0 Å². The van der Waals surface area contributed by atoms with Crippen molar-refractivity contribution in [1.82, 2.24) is 0 Å². The summed E-state index contributed by atoms with van der Waals surface area (Å²) in [4.78, 5) is 0.